The van der Waals surface area contributed by atoms with Crippen LogP contribution < -0.4 is 0 Å². The molecule has 0 aliphatic heterocycles. The average Bonchev–Trinajstić information content (AvgIpc) is 2.55. The van der Waals surface area contributed by atoms with Gasteiger partial charge in [-0.3, -0.25) is 0 Å². The van der Waals surface area contributed by atoms with E-state index in [1.54, 1.807) is 18.5 Å². The van der Waals surface area contributed by atoms with Crippen LogP contribution in [0.1, 0.15) is 70.4 Å². The molecule has 0 nitrogen and oxygen atoms in total. The first kappa shape index (κ1) is 21.4. The van der Waals surface area contributed by atoms with E-state index in [0.717, 1.165) is 0 Å². The number of rotatable bonds is 10. The molecule has 0 aliphatic rings. The molecule has 1 aromatic rings. The van der Waals surface area contributed by atoms with Crippen molar-refractivity contribution in [1.29, 1.82) is 0 Å². The van der Waals surface area contributed by atoms with Crippen molar-refractivity contribution in [2.24, 2.45) is 0 Å². The molecule has 0 aliphatic carbocycles. The van der Waals surface area contributed by atoms with E-state index in [-0.39, 0.29) is 0 Å². The van der Waals surface area contributed by atoms with Gasteiger partial charge in [0.25, 0.3) is 0 Å². The minimum Gasteiger partial charge on any atom is -0.107 e. The van der Waals surface area contributed by atoms with Gasteiger partial charge in [0.05, 0.1) is 0 Å². The molecule has 22 heavy (non-hydrogen) atoms. The van der Waals surface area contributed by atoms with E-state index in [2.05, 4.69) is 58.5 Å². The van der Waals surface area contributed by atoms with Crippen LogP contribution in [0.25, 0.3) is 6.08 Å². The highest BCUT2D eigenvalue weighted by Crippen LogP contribution is 2.38. The standard InChI is InChI=1S/C12H27P.C9H10/c1-4-7-10-13(11-8-5-2)12-9-6-3;1-3-9-6-4-8(2)5-7-9/h4-12H2,1-3H3;3-7H,1H2,2H3. The van der Waals surface area contributed by atoms with Gasteiger partial charge in [0, 0.05) is 0 Å². The third-order valence-corrected chi connectivity index (χ3v) is 6.64. The summed E-state index contributed by atoms with van der Waals surface area (Å²) in [5.41, 5.74) is 2.47. The molecule has 126 valence electrons. The van der Waals surface area contributed by atoms with Crippen molar-refractivity contribution in [3.63, 3.8) is 0 Å². The topological polar surface area (TPSA) is 0 Å². The van der Waals surface area contributed by atoms with Crippen LogP contribution in [0.15, 0.2) is 30.8 Å². The summed E-state index contributed by atoms with van der Waals surface area (Å²) in [6.45, 7) is 12.7. The lowest BCUT2D eigenvalue weighted by Gasteiger charge is -2.16. The summed E-state index contributed by atoms with van der Waals surface area (Å²) in [5.74, 6) is 0. The molecular weight excluding hydrogens is 283 g/mol. The van der Waals surface area contributed by atoms with Crippen molar-refractivity contribution in [2.45, 2.75) is 66.2 Å². The monoisotopic (exact) mass is 320 g/mol. The highest BCUT2D eigenvalue weighted by Gasteiger charge is 2.05. The summed E-state index contributed by atoms with van der Waals surface area (Å²) in [7, 11) is 0.422. The molecule has 0 amide bonds. The van der Waals surface area contributed by atoms with Crippen molar-refractivity contribution >= 4 is 14.0 Å². The SMILES string of the molecule is C=Cc1ccc(C)cc1.CCCCP(CCCC)CCCC. The Kier molecular flexibility index (Phi) is 14.9. The lowest BCUT2D eigenvalue weighted by atomic mass is 10.2. The van der Waals surface area contributed by atoms with Crippen LogP contribution in [0.3, 0.4) is 0 Å². The van der Waals surface area contributed by atoms with Gasteiger partial charge in [0.15, 0.2) is 0 Å². The maximum absolute atomic E-state index is 3.66. The normalized spacial score (nSPS) is 10.2. The second-order valence-corrected chi connectivity index (χ2v) is 8.70. The van der Waals surface area contributed by atoms with Gasteiger partial charge in [-0.25, -0.2) is 0 Å². The molecule has 0 fully saturated rings. The zero-order valence-electron chi connectivity index (χ0n) is 15.4. The summed E-state index contributed by atoms with van der Waals surface area (Å²) in [4.78, 5) is 0. The van der Waals surface area contributed by atoms with E-state index in [4.69, 9.17) is 0 Å². The highest BCUT2D eigenvalue weighted by atomic mass is 31.1. The molecule has 0 unspecified atom stereocenters. The second kappa shape index (κ2) is 15.3. The molecule has 0 heterocycles. The fourth-order valence-corrected chi connectivity index (χ4v) is 5.14. The first-order valence-electron chi connectivity index (χ1n) is 9.09. The van der Waals surface area contributed by atoms with Crippen LogP contribution in [0.5, 0.6) is 0 Å². The Balaban J connectivity index is 0.000000425. The maximum Gasteiger partial charge on any atom is -0.0262 e. The molecule has 1 aromatic carbocycles. The summed E-state index contributed by atoms with van der Waals surface area (Å²) < 4.78 is 0. The molecule has 0 spiro atoms. The van der Waals surface area contributed by atoms with Crippen molar-refractivity contribution in [1.82, 2.24) is 0 Å². The predicted molar refractivity (Wildman–Crippen MR) is 108 cm³/mol. The van der Waals surface area contributed by atoms with Crippen LogP contribution in [0.4, 0.5) is 0 Å². The van der Waals surface area contributed by atoms with Crippen LogP contribution in [-0.2, 0) is 0 Å². The minimum absolute atomic E-state index is 0.422. The van der Waals surface area contributed by atoms with Crippen molar-refractivity contribution < 1.29 is 0 Å². The molecule has 0 saturated heterocycles. The summed E-state index contributed by atoms with van der Waals surface area (Å²) in [6.07, 6.45) is 15.1. The summed E-state index contributed by atoms with van der Waals surface area (Å²) in [5, 5.41) is 0. The van der Waals surface area contributed by atoms with Crippen LogP contribution in [0.2, 0.25) is 0 Å². The van der Waals surface area contributed by atoms with E-state index >= 15 is 0 Å². The molecule has 1 rings (SSSR count). The molecule has 0 radical (unpaired) electrons. The zero-order valence-corrected chi connectivity index (χ0v) is 16.3. The van der Waals surface area contributed by atoms with E-state index in [9.17, 15) is 0 Å². The van der Waals surface area contributed by atoms with E-state index in [0.29, 0.717) is 7.92 Å². The first-order valence-corrected chi connectivity index (χ1v) is 11.0. The minimum atomic E-state index is 0.422. The van der Waals surface area contributed by atoms with Gasteiger partial charge in [0.1, 0.15) is 0 Å². The van der Waals surface area contributed by atoms with Gasteiger partial charge in [-0.2, -0.15) is 0 Å². The van der Waals surface area contributed by atoms with Gasteiger partial charge >= 0.3 is 0 Å². The third kappa shape index (κ3) is 12.0. The lowest BCUT2D eigenvalue weighted by molar-refractivity contribution is 0.847. The fourth-order valence-electron chi connectivity index (χ4n) is 2.18. The fraction of sp³-hybridized carbons (Fsp3) is 0.619. The van der Waals surface area contributed by atoms with Gasteiger partial charge in [-0.15, -0.1) is 7.92 Å². The Morgan fingerprint density at radius 1 is 0.818 bits per heavy atom. The molecule has 0 atom stereocenters. The molecule has 1 heteroatoms. The van der Waals surface area contributed by atoms with Gasteiger partial charge in [-0.05, 0) is 50.2 Å². The largest absolute Gasteiger partial charge is 0.107 e. The number of hydrogen-bond acceptors (Lipinski definition) is 0. The van der Waals surface area contributed by atoms with E-state index < -0.39 is 0 Å². The van der Waals surface area contributed by atoms with Gasteiger partial charge < -0.3 is 0 Å². The molecule has 0 aromatic heterocycles. The van der Waals surface area contributed by atoms with E-state index in [1.165, 1.54) is 49.7 Å². The van der Waals surface area contributed by atoms with Crippen molar-refractivity contribution in [2.75, 3.05) is 18.5 Å². The summed E-state index contributed by atoms with van der Waals surface area (Å²) >= 11 is 0. The van der Waals surface area contributed by atoms with Crippen molar-refractivity contribution in [3.05, 3.63) is 42.0 Å². The highest BCUT2D eigenvalue weighted by molar-refractivity contribution is 7.57. The maximum atomic E-state index is 3.66. The predicted octanol–water partition coefficient (Wildman–Crippen LogP) is 7.51. The Morgan fingerprint density at radius 2 is 1.23 bits per heavy atom. The lowest BCUT2D eigenvalue weighted by Crippen LogP contribution is -1.95. The molecular formula is C21H37P. The second-order valence-electron chi connectivity index (χ2n) is 6.02. The number of hydrogen-bond donors (Lipinski definition) is 0. The number of unbranched alkanes of at least 4 members (excludes halogenated alkanes) is 3. The molecule has 0 N–H and O–H groups in total. The number of benzene rings is 1. The van der Waals surface area contributed by atoms with Crippen LogP contribution in [0, 0.1) is 6.92 Å². The molecule has 0 saturated carbocycles. The van der Waals surface area contributed by atoms with Crippen LogP contribution in [-0.4, -0.2) is 18.5 Å². The van der Waals surface area contributed by atoms with Gasteiger partial charge in [-0.1, -0.05) is 82.5 Å². The average molecular weight is 321 g/mol. The Hall–Kier alpha value is -0.610. The Bertz CT molecular complexity index is 334. The Morgan fingerprint density at radius 3 is 1.55 bits per heavy atom. The summed E-state index contributed by atoms with van der Waals surface area (Å²) in [6, 6.07) is 8.28. The third-order valence-electron chi connectivity index (χ3n) is 3.80. The van der Waals surface area contributed by atoms with Crippen LogP contribution >= 0.6 is 7.92 Å². The van der Waals surface area contributed by atoms with Gasteiger partial charge in [0.2, 0.25) is 0 Å². The first-order chi connectivity index (χ1) is 10.7. The Labute approximate surface area is 141 Å². The number of aryl methyl sites for hydroxylation is 1. The van der Waals surface area contributed by atoms with E-state index in [1.807, 2.05) is 6.08 Å². The zero-order chi connectivity index (χ0) is 16.6. The molecule has 0 bridgehead atoms. The van der Waals surface area contributed by atoms with Crippen molar-refractivity contribution in [3.8, 4) is 0 Å². The quantitative estimate of drug-likeness (QED) is 0.391. The smallest absolute Gasteiger partial charge is 0.0262 e.